The maximum absolute atomic E-state index is 12.5. The van der Waals surface area contributed by atoms with Gasteiger partial charge in [0.25, 0.3) is 11.6 Å². The molecule has 0 saturated carbocycles. The standard InChI is InChI=1S/C22H16ClN3O4/c1-12-9-13(2)20-19(10-12)25-22(30-20)14-3-5-15(6-4-14)24-21(27)17-11-16(26(28)29)7-8-18(17)23/h3-11H,1-2H3,(H,24,27). The number of amides is 1. The van der Waals surface area contributed by atoms with Crippen LogP contribution in [0.4, 0.5) is 11.4 Å². The van der Waals surface area contributed by atoms with Gasteiger partial charge >= 0.3 is 0 Å². The Balaban J connectivity index is 1.57. The molecule has 1 heterocycles. The van der Waals surface area contributed by atoms with E-state index in [1.807, 2.05) is 26.0 Å². The SMILES string of the molecule is Cc1cc(C)c2oc(-c3ccc(NC(=O)c4cc([N+](=O)[O-])ccc4Cl)cc3)nc2c1. The monoisotopic (exact) mass is 421 g/mol. The van der Waals surface area contributed by atoms with Crippen molar-refractivity contribution < 1.29 is 14.1 Å². The number of oxazole rings is 1. The maximum Gasteiger partial charge on any atom is 0.270 e. The van der Waals surface area contributed by atoms with Gasteiger partial charge in [0.1, 0.15) is 5.52 Å². The second kappa shape index (κ2) is 7.61. The largest absolute Gasteiger partial charge is 0.436 e. The van der Waals surface area contributed by atoms with E-state index in [1.165, 1.54) is 12.1 Å². The van der Waals surface area contributed by atoms with Gasteiger partial charge < -0.3 is 9.73 Å². The summed E-state index contributed by atoms with van der Waals surface area (Å²) < 4.78 is 5.90. The van der Waals surface area contributed by atoms with E-state index in [0.717, 1.165) is 33.9 Å². The van der Waals surface area contributed by atoms with Crippen molar-refractivity contribution in [2.45, 2.75) is 13.8 Å². The number of nitrogens with one attached hydrogen (secondary N) is 1. The van der Waals surface area contributed by atoms with Crippen LogP contribution in [0.2, 0.25) is 5.02 Å². The van der Waals surface area contributed by atoms with E-state index < -0.39 is 10.8 Å². The number of nitrogens with zero attached hydrogens (tertiary/aromatic N) is 2. The number of halogens is 1. The van der Waals surface area contributed by atoms with Gasteiger partial charge in [0.2, 0.25) is 5.89 Å². The third-order valence-electron chi connectivity index (χ3n) is 4.62. The third-order valence-corrected chi connectivity index (χ3v) is 4.94. The zero-order valence-corrected chi connectivity index (χ0v) is 16.9. The van der Waals surface area contributed by atoms with E-state index in [1.54, 1.807) is 24.3 Å². The molecular formula is C22H16ClN3O4. The lowest BCUT2D eigenvalue weighted by Gasteiger charge is -2.07. The molecule has 0 spiro atoms. The van der Waals surface area contributed by atoms with E-state index in [4.69, 9.17) is 16.0 Å². The molecule has 3 aromatic carbocycles. The molecule has 0 fully saturated rings. The van der Waals surface area contributed by atoms with Gasteiger partial charge in [-0.25, -0.2) is 4.98 Å². The first-order chi connectivity index (χ1) is 14.3. The summed E-state index contributed by atoms with van der Waals surface area (Å²) in [5.41, 5.74) is 4.75. The van der Waals surface area contributed by atoms with Crippen molar-refractivity contribution in [3.8, 4) is 11.5 Å². The molecule has 30 heavy (non-hydrogen) atoms. The molecule has 0 bridgehead atoms. The Bertz CT molecular complexity index is 1300. The smallest absolute Gasteiger partial charge is 0.270 e. The first-order valence-corrected chi connectivity index (χ1v) is 9.43. The lowest BCUT2D eigenvalue weighted by molar-refractivity contribution is -0.384. The molecule has 7 nitrogen and oxygen atoms in total. The molecule has 0 radical (unpaired) electrons. The quantitative estimate of drug-likeness (QED) is 0.325. The molecule has 0 aliphatic rings. The number of fused-ring (bicyclic) bond motifs is 1. The van der Waals surface area contributed by atoms with Gasteiger partial charge in [0, 0.05) is 23.4 Å². The van der Waals surface area contributed by atoms with Crippen molar-refractivity contribution in [2.75, 3.05) is 5.32 Å². The van der Waals surface area contributed by atoms with Crippen molar-refractivity contribution in [2.24, 2.45) is 0 Å². The Kier molecular flexibility index (Phi) is 4.97. The number of anilines is 1. The summed E-state index contributed by atoms with van der Waals surface area (Å²) in [4.78, 5) is 27.4. The molecule has 1 aromatic heterocycles. The number of nitro groups is 1. The lowest BCUT2D eigenvalue weighted by Crippen LogP contribution is -2.12. The van der Waals surface area contributed by atoms with Gasteiger partial charge in [-0.15, -0.1) is 0 Å². The average Bonchev–Trinajstić information content (AvgIpc) is 3.13. The highest BCUT2D eigenvalue weighted by Gasteiger charge is 2.16. The Labute approximate surface area is 176 Å². The zero-order chi connectivity index (χ0) is 21.4. The lowest BCUT2D eigenvalue weighted by atomic mass is 10.1. The Hall–Kier alpha value is -3.71. The summed E-state index contributed by atoms with van der Waals surface area (Å²) in [5.74, 6) is -0.0530. The van der Waals surface area contributed by atoms with Crippen LogP contribution in [-0.2, 0) is 0 Å². The van der Waals surface area contributed by atoms with Gasteiger partial charge in [-0.2, -0.15) is 0 Å². The number of aromatic nitrogens is 1. The summed E-state index contributed by atoms with van der Waals surface area (Å²) in [6.45, 7) is 3.98. The number of carbonyl (C=O) groups excluding carboxylic acids is 1. The molecule has 4 aromatic rings. The summed E-state index contributed by atoms with van der Waals surface area (Å²) in [6.07, 6.45) is 0. The van der Waals surface area contributed by atoms with Crippen molar-refractivity contribution in [3.05, 3.63) is 86.4 Å². The molecule has 150 valence electrons. The Morgan fingerprint density at radius 1 is 1.10 bits per heavy atom. The molecule has 0 atom stereocenters. The van der Waals surface area contributed by atoms with Gasteiger partial charge in [0.15, 0.2) is 5.58 Å². The molecule has 4 rings (SSSR count). The molecule has 1 N–H and O–H groups in total. The molecule has 1 amide bonds. The van der Waals surface area contributed by atoms with Crippen LogP contribution in [0.15, 0.2) is 59.0 Å². The fraction of sp³-hybridized carbons (Fsp3) is 0.0909. The van der Waals surface area contributed by atoms with E-state index in [9.17, 15) is 14.9 Å². The molecule has 0 aliphatic carbocycles. The second-order valence-electron chi connectivity index (χ2n) is 6.90. The van der Waals surface area contributed by atoms with Crippen molar-refractivity contribution in [1.29, 1.82) is 0 Å². The van der Waals surface area contributed by atoms with Crippen molar-refractivity contribution >= 4 is 40.0 Å². The zero-order valence-electron chi connectivity index (χ0n) is 16.1. The number of hydrogen-bond donors (Lipinski definition) is 1. The highest BCUT2D eigenvalue weighted by Crippen LogP contribution is 2.28. The number of rotatable bonds is 4. The van der Waals surface area contributed by atoms with E-state index >= 15 is 0 Å². The first-order valence-electron chi connectivity index (χ1n) is 9.05. The first kappa shape index (κ1) is 19.6. The minimum absolute atomic E-state index is 0.0275. The average molecular weight is 422 g/mol. The van der Waals surface area contributed by atoms with Crippen LogP contribution < -0.4 is 5.32 Å². The van der Waals surface area contributed by atoms with Gasteiger partial charge in [-0.1, -0.05) is 17.7 Å². The number of nitro benzene ring substituents is 1. The van der Waals surface area contributed by atoms with Gasteiger partial charge in [-0.3, -0.25) is 14.9 Å². The van der Waals surface area contributed by atoms with Crippen molar-refractivity contribution in [3.63, 3.8) is 0 Å². The number of benzene rings is 3. The number of non-ortho nitro benzene ring substituents is 1. The van der Waals surface area contributed by atoms with E-state index in [0.29, 0.717) is 11.6 Å². The molecule has 0 unspecified atom stereocenters. The van der Waals surface area contributed by atoms with E-state index in [-0.39, 0.29) is 16.3 Å². The highest BCUT2D eigenvalue weighted by atomic mass is 35.5. The summed E-state index contributed by atoms with van der Waals surface area (Å²) in [6, 6.07) is 14.7. The minimum Gasteiger partial charge on any atom is -0.436 e. The molecule has 8 heteroatoms. The van der Waals surface area contributed by atoms with Crippen LogP contribution in [-0.4, -0.2) is 15.8 Å². The Morgan fingerprint density at radius 3 is 2.53 bits per heavy atom. The second-order valence-corrected chi connectivity index (χ2v) is 7.31. The summed E-state index contributed by atoms with van der Waals surface area (Å²) in [7, 11) is 0. The predicted molar refractivity (Wildman–Crippen MR) is 115 cm³/mol. The van der Waals surface area contributed by atoms with Crippen LogP contribution in [0.1, 0.15) is 21.5 Å². The normalized spacial score (nSPS) is 10.9. The van der Waals surface area contributed by atoms with Gasteiger partial charge in [0.05, 0.1) is 15.5 Å². The fourth-order valence-corrected chi connectivity index (χ4v) is 3.40. The van der Waals surface area contributed by atoms with Crippen LogP contribution in [0.5, 0.6) is 0 Å². The predicted octanol–water partition coefficient (Wildman–Crippen LogP) is 5.93. The summed E-state index contributed by atoms with van der Waals surface area (Å²) in [5, 5.41) is 13.8. The number of carbonyl (C=O) groups is 1. The molecule has 0 saturated heterocycles. The van der Waals surface area contributed by atoms with Crippen LogP contribution >= 0.6 is 11.6 Å². The Morgan fingerprint density at radius 2 is 1.83 bits per heavy atom. The number of hydrogen-bond acceptors (Lipinski definition) is 5. The van der Waals surface area contributed by atoms with Crippen LogP contribution in [0.3, 0.4) is 0 Å². The van der Waals surface area contributed by atoms with E-state index in [2.05, 4.69) is 10.3 Å². The highest BCUT2D eigenvalue weighted by molar-refractivity contribution is 6.34. The molecule has 0 aliphatic heterocycles. The van der Waals surface area contributed by atoms with Crippen LogP contribution in [0, 0.1) is 24.0 Å². The van der Waals surface area contributed by atoms with Crippen molar-refractivity contribution in [1.82, 2.24) is 4.98 Å². The fourth-order valence-electron chi connectivity index (χ4n) is 3.20. The summed E-state index contributed by atoms with van der Waals surface area (Å²) >= 11 is 6.03. The molecular weight excluding hydrogens is 406 g/mol. The topological polar surface area (TPSA) is 98.3 Å². The van der Waals surface area contributed by atoms with Crippen LogP contribution in [0.25, 0.3) is 22.6 Å². The van der Waals surface area contributed by atoms with Gasteiger partial charge in [-0.05, 0) is 61.4 Å². The minimum atomic E-state index is -0.578. The number of aryl methyl sites for hydroxylation is 2. The third kappa shape index (κ3) is 3.75. The maximum atomic E-state index is 12.5.